The zero-order valence-electron chi connectivity index (χ0n) is 20.6. The number of fused-ring (bicyclic) bond motifs is 2. The highest BCUT2D eigenvalue weighted by atomic mass is 19.4. The molecule has 2 fully saturated rings. The van der Waals surface area contributed by atoms with Crippen molar-refractivity contribution in [3.63, 3.8) is 0 Å². The molecule has 1 N–H and O–H groups in total. The molecule has 190 valence electrons. The number of ether oxygens (including phenoxy) is 1. The molecular formula is C27H33F3N2O3. The summed E-state index contributed by atoms with van der Waals surface area (Å²) in [6.45, 7) is 9.84. The first-order chi connectivity index (χ1) is 16.5. The third kappa shape index (κ3) is 5.19. The number of amides is 1. The topological polar surface area (TPSA) is 53.0 Å². The van der Waals surface area contributed by atoms with Crippen molar-refractivity contribution < 1.29 is 27.8 Å². The van der Waals surface area contributed by atoms with E-state index in [1.54, 1.807) is 6.92 Å². The van der Waals surface area contributed by atoms with Crippen molar-refractivity contribution in [1.82, 2.24) is 9.80 Å². The highest BCUT2D eigenvalue weighted by molar-refractivity contribution is 5.94. The first-order valence-corrected chi connectivity index (χ1v) is 12.1. The molecule has 2 aliphatic rings. The van der Waals surface area contributed by atoms with Crippen molar-refractivity contribution >= 4 is 5.91 Å². The Morgan fingerprint density at radius 3 is 2.31 bits per heavy atom. The first-order valence-electron chi connectivity index (χ1n) is 12.1. The summed E-state index contributed by atoms with van der Waals surface area (Å²) in [5.74, 6) is 0.625. The zero-order chi connectivity index (χ0) is 25.5. The lowest BCUT2D eigenvalue weighted by Gasteiger charge is -2.38. The normalized spacial score (nSPS) is 21.9. The van der Waals surface area contributed by atoms with Crippen molar-refractivity contribution in [2.75, 3.05) is 19.7 Å². The van der Waals surface area contributed by atoms with Crippen LogP contribution >= 0.6 is 0 Å². The van der Waals surface area contributed by atoms with E-state index in [2.05, 4.69) is 24.8 Å². The molecule has 1 amide bonds. The third-order valence-corrected chi connectivity index (χ3v) is 7.52. The molecule has 35 heavy (non-hydrogen) atoms. The van der Waals surface area contributed by atoms with Crippen LogP contribution in [0.25, 0.3) is 0 Å². The Morgan fingerprint density at radius 1 is 1.06 bits per heavy atom. The van der Waals surface area contributed by atoms with Crippen LogP contribution in [0, 0.1) is 13.8 Å². The molecule has 0 saturated carbocycles. The molecule has 0 spiro atoms. The minimum Gasteiger partial charge on any atom is -0.493 e. The number of nitrogens with zero attached hydrogens (tertiary/aromatic N) is 2. The molecule has 5 nitrogen and oxygen atoms in total. The van der Waals surface area contributed by atoms with Gasteiger partial charge in [0.05, 0.1) is 18.3 Å². The lowest BCUT2D eigenvalue weighted by Crippen LogP contribution is -2.49. The van der Waals surface area contributed by atoms with E-state index >= 15 is 0 Å². The highest BCUT2D eigenvalue weighted by Crippen LogP contribution is 2.39. The standard InChI is InChI=1S/C27H33F3N2O3/c1-16(33)11-12-35-25-10-9-24(17(2)18(25)3)19(4)31-14-23-13-22(31)15-32(23)26(34)20-5-7-21(8-6-20)27(28,29)30/h5-10,16,19,22-23,33H,11-15H2,1-4H3/t16?,19-,22-,23-/m1/s1. The quantitative estimate of drug-likeness (QED) is 0.585. The second-order valence-electron chi connectivity index (χ2n) is 9.84. The molecule has 8 heteroatoms. The van der Waals surface area contributed by atoms with E-state index in [9.17, 15) is 23.1 Å². The predicted octanol–water partition coefficient (Wildman–Crippen LogP) is 5.13. The molecular weight excluding hydrogens is 457 g/mol. The van der Waals surface area contributed by atoms with Gasteiger partial charge in [-0.25, -0.2) is 0 Å². The second kappa shape index (κ2) is 9.82. The Hall–Kier alpha value is -2.58. The van der Waals surface area contributed by atoms with E-state index in [4.69, 9.17) is 4.74 Å². The predicted molar refractivity (Wildman–Crippen MR) is 128 cm³/mol. The van der Waals surface area contributed by atoms with Crippen LogP contribution in [0.4, 0.5) is 13.2 Å². The Bertz CT molecular complexity index is 1070. The molecule has 1 unspecified atom stereocenters. The largest absolute Gasteiger partial charge is 0.493 e. The summed E-state index contributed by atoms with van der Waals surface area (Å²) in [7, 11) is 0. The van der Waals surface area contributed by atoms with E-state index in [0.29, 0.717) is 25.1 Å². The molecule has 2 bridgehead atoms. The highest BCUT2D eigenvalue weighted by Gasteiger charge is 2.47. The fourth-order valence-electron chi connectivity index (χ4n) is 5.33. The van der Waals surface area contributed by atoms with Gasteiger partial charge in [0.25, 0.3) is 5.91 Å². The van der Waals surface area contributed by atoms with Gasteiger partial charge in [0.1, 0.15) is 5.75 Å². The average Bonchev–Trinajstić information content (AvgIpc) is 3.41. The zero-order valence-corrected chi connectivity index (χ0v) is 20.6. The van der Waals surface area contributed by atoms with Gasteiger partial charge < -0.3 is 14.7 Å². The number of hydrogen-bond donors (Lipinski definition) is 1. The Balaban J connectivity index is 1.41. The van der Waals surface area contributed by atoms with E-state index in [1.165, 1.54) is 23.3 Å². The maximum Gasteiger partial charge on any atom is 0.416 e. The molecule has 0 aromatic heterocycles. The number of benzene rings is 2. The van der Waals surface area contributed by atoms with Gasteiger partial charge in [0, 0.05) is 43.2 Å². The Kier molecular flexibility index (Phi) is 7.16. The van der Waals surface area contributed by atoms with Crippen molar-refractivity contribution in [2.45, 2.75) is 70.9 Å². The van der Waals surface area contributed by atoms with Gasteiger partial charge in [-0.05, 0) is 81.1 Å². The number of carbonyl (C=O) groups excluding carboxylic acids is 1. The van der Waals surface area contributed by atoms with Gasteiger partial charge in [0.2, 0.25) is 0 Å². The van der Waals surface area contributed by atoms with Crippen molar-refractivity contribution in [3.8, 4) is 5.75 Å². The molecule has 2 aromatic rings. The maximum atomic E-state index is 13.0. The smallest absolute Gasteiger partial charge is 0.416 e. The van der Waals surface area contributed by atoms with Crippen LogP contribution in [0.3, 0.4) is 0 Å². The molecule has 4 rings (SSSR count). The molecule has 2 aromatic carbocycles. The number of aliphatic hydroxyl groups excluding tert-OH is 1. The van der Waals surface area contributed by atoms with Crippen LogP contribution in [0.5, 0.6) is 5.75 Å². The van der Waals surface area contributed by atoms with Crippen LogP contribution in [-0.2, 0) is 6.18 Å². The van der Waals surface area contributed by atoms with Crippen LogP contribution in [0.15, 0.2) is 36.4 Å². The monoisotopic (exact) mass is 490 g/mol. The van der Waals surface area contributed by atoms with Crippen molar-refractivity contribution in [2.24, 2.45) is 0 Å². The Labute approximate surface area is 204 Å². The summed E-state index contributed by atoms with van der Waals surface area (Å²) in [6, 6.07) is 9.02. The fourth-order valence-corrected chi connectivity index (χ4v) is 5.33. The summed E-state index contributed by atoms with van der Waals surface area (Å²) in [5, 5.41) is 9.45. The summed E-state index contributed by atoms with van der Waals surface area (Å²) in [6.07, 6.45) is -3.36. The Morgan fingerprint density at radius 2 is 1.74 bits per heavy atom. The first kappa shape index (κ1) is 25.5. The number of halogens is 3. The maximum absolute atomic E-state index is 13.0. The number of carbonyl (C=O) groups is 1. The van der Waals surface area contributed by atoms with Gasteiger partial charge in [-0.2, -0.15) is 13.2 Å². The minimum absolute atomic E-state index is 0.0572. The summed E-state index contributed by atoms with van der Waals surface area (Å²) >= 11 is 0. The summed E-state index contributed by atoms with van der Waals surface area (Å²) in [5.41, 5.74) is 3.03. The van der Waals surface area contributed by atoms with Crippen LogP contribution < -0.4 is 4.74 Å². The van der Waals surface area contributed by atoms with Gasteiger partial charge in [-0.3, -0.25) is 9.69 Å². The summed E-state index contributed by atoms with van der Waals surface area (Å²) in [4.78, 5) is 17.2. The van der Waals surface area contributed by atoms with E-state index < -0.39 is 17.8 Å². The third-order valence-electron chi connectivity index (χ3n) is 7.52. The summed E-state index contributed by atoms with van der Waals surface area (Å²) < 4.78 is 44.4. The van der Waals surface area contributed by atoms with Gasteiger partial charge in [-0.1, -0.05) is 6.07 Å². The fraction of sp³-hybridized carbons (Fsp3) is 0.519. The van der Waals surface area contributed by atoms with Crippen LogP contribution in [-0.4, -0.2) is 58.7 Å². The van der Waals surface area contributed by atoms with Gasteiger partial charge in [-0.15, -0.1) is 0 Å². The lowest BCUT2D eigenvalue weighted by atomic mass is 9.96. The molecule has 0 aliphatic carbocycles. The molecule has 2 saturated heterocycles. The number of piperazine rings is 1. The SMILES string of the molecule is Cc1c(OCCC(C)O)ccc([C@@H](C)N2C[C@H]3C[C@@H]2CN3C(=O)c2ccc(C(F)(F)F)cc2)c1C. The number of aliphatic hydroxyl groups is 1. The van der Waals surface area contributed by atoms with Crippen molar-refractivity contribution in [3.05, 3.63) is 64.2 Å². The average molecular weight is 491 g/mol. The number of alkyl halides is 3. The van der Waals surface area contributed by atoms with Gasteiger partial charge >= 0.3 is 6.18 Å². The molecule has 2 aliphatic heterocycles. The van der Waals surface area contributed by atoms with Crippen molar-refractivity contribution in [1.29, 1.82) is 0 Å². The van der Waals surface area contributed by atoms with E-state index in [0.717, 1.165) is 36.4 Å². The van der Waals surface area contributed by atoms with E-state index in [1.807, 2.05) is 17.9 Å². The van der Waals surface area contributed by atoms with E-state index in [-0.39, 0.29) is 24.0 Å². The van der Waals surface area contributed by atoms with Crippen LogP contribution in [0.1, 0.15) is 65.3 Å². The minimum atomic E-state index is -4.41. The lowest BCUT2D eigenvalue weighted by molar-refractivity contribution is -0.137. The second-order valence-corrected chi connectivity index (χ2v) is 9.84. The number of rotatable bonds is 7. The number of hydrogen-bond acceptors (Lipinski definition) is 4. The number of likely N-dealkylation sites (tertiary alicyclic amines) is 2. The molecule has 4 atom stereocenters. The molecule has 0 radical (unpaired) electrons. The van der Waals surface area contributed by atoms with Crippen LogP contribution in [0.2, 0.25) is 0 Å². The molecule has 2 heterocycles. The van der Waals surface area contributed by atoms with Gasteiger partial charge in [0.15, 0.2) is 0 Å².